The normalized spacial score (nSPS) is 14.2. The molecular weight excluding hydrogens is 840 g/mol. The van der Waals surface area contributed by atoms with Crippen molar-refractivity contribution in [3.05, 3.63) is 36.5 Å². The summed E-state index contributed by atoms with van der Waals surface area (Å²) in [7, 11) is 1.31. The van der Waals surface area contributed by atoms with Gasteiger partial charge in [-0.15, -0.1) is 0 Å². The van der Waals surface area contributed by atoms with E-state index in [-0.39, 0.29) is 19.1 Å². The zero-order chi connectivity index (χ0) is 48.5. The SMILES string of the molecule is CCCCCCC/C=C\C/C=C\C/C=C\CCCCCCCCCCCCCCCCCCCCCCCCC(=O)NC(COP(=O)([O-])OCC[N+](C)(C)C)C(O)CCCCCCCCC. The second-order valence-electron chi connectivity index (χ2n) is 20.6. The van der Waals surface area contributed by atoms with Gasteiger partial charge in [0, 0.05) is 6.42 Å². The molecule has 2 N–H and O–H groups in total. The fraction of sp³-hybridized carbons (Fsp3) is 0.877. The molecule has 0 spiro atoms. The first-order chi connectivity index (χ1) is 32.0. The monoisotopic (exact) mass is 951 g/mol. The number of aliphatic hydroxyl groups is 1. The minimum Gasteiger partial charge on any atom is -0.756 e. The Hall–Kier alpha value is -1.28. The van der Waals surface area contributed by atoms with Gasteiger partial charge in [-0.25, -0.2) is 0 Å². The molecule has 0 bridgehead atoms. The van der Waals surface area contributed by atoms with Crippen LogP contribution in [-0.2, 0) is 18.4 Å². The number of likely N-dealkylation sites (N-methyl/N-ethyl adjacent to an activating group) is 1. The maximum Gasteiger partial charge on any atom is 0.268 e. The van der Waals surface area contributed by atoms with E-state index >= 15 is 0 Å². The molecule has 0 aromatic heterocycles. The van der Waals surface area contributed by atoms with Crippen LogP contribution in [0.1, 0.15) is 271 Å². The summed E-state index contributed by atoms with van der Waals surface area (Å²) < 4.78 is 23.2. The Morgan fingerprint density at radius 1 is 0.530 bits per heavy atom. The molecule has 390 valence electrons. The molecule has 3 atom stereocenters. The lowest BCUT2D eigenvalue weighted by molar-refractivity contribution is -0.870. The molecule has 1 amide bonds. The fourth-order valence-corrected chi connectivity index (χ4v) is 9.12. The largest absolute Gasteiger partial charge is 0.756 e. The maximum absolute atomic E-state index is 12.9. The Bertz CT molecular complexity index is 1170. The number of quaternary nitrogens is 1. The van der Waals surface area contributed by atoms with Crippen LogP contribution in [0.2, 0.25) is 0 Å². The molecule has 8 nitrogen and oxygen atoms in total. The van der Waals surface area contributed by atoms with Gasteiger partial charge in [-0.3, -0.25) is 9.36 Å². The number of phosphoric ester groups is 1. The summed E-state index contributed by atoms with van der Waals surface area (Å²) >= 11 is 0. The van der Waals surface area contributed by atoms with Crippen molar-refractivity contribution < 1.29 is 32.9 Å². The van der Waals surface area contributed by atoms with Gasteiger partial charge in [0.15, 0.2) is 0 Å². The summed E-state index contributed by atoms with van der Waals surface area (Å²) in [6.45, 7) is 4.67. The second-order valence-corrected chi connectivity index (χ2v) is 22.1. The van der Waals surface area contributed by atoms with Crippen LogP contribution in [0.5, 0.6) is 0 Å². The van der Waals surface area contributed by atoms with Crippen LogP contribution >= 0.6 is 7.82 Å². The first kappa shape index (κ1) is 64.7. The minimum atomic E-state index is -4.56. The third kappa shape index (κ3) is 50.6. The molecule has 0 saturated carbocycles. The number of allylic oxidation sites excluding steroid dienone is 6. The quantitative estimate of drug-likeness (QED) is 0.0272. The Kier molecular flexibility index (Phi) is 47.8. The number of nitrogens with one attached hydrogen (secondary N) is 1. The number of rotatable bonds is 52. The standard InChI is InChI=1S/C57H111N2O6P/c1-6-8-10-12-14-15-16-17-18-19-20-21-22-23-24-25-26-27-28-29-30-31-32-33-34-35-36-37-38-39-40-41-42-43-45-47-49-51-57(61)58-55(56(60)50-48-46-44-13-11-9-7-2)54-65-66(62,63)64-53-52-59(3,4)5/h16-17,19-20,22-23,55-56,60H,6-15,18,21,24-54H2,1-5H3,(H-,58,61,62,63)/b17-16-,20-19-,23-22-. The number of nitrogens with zero attached hydrogens (tertiary/aromatic N) is 1. The third-order valence-corrected chi connectivity index (χ3v) is 13.8. The molecular formula is C57H111N2O6P. The molecule has 0 heterocycles. The predicted octanol–water partition coefficient (Wildman–Crippen LogP) is 16.4. The third-order valence-electron chi connectivity index (χ3n) is 12.9. The Labute approximate surface area is 410 Å². The minimum absolute atomic E-state index is 0.0133. The molecule has 66 heavy (non-hydrogen) atoms. The summed E-state index contributed by atoms with van der Waals surface area (Å²) in [5.74, 6) is -0.165. The van der Waals surface area contributed by atoms with Gasteiger partial charge < -0.3 is 28.8 Å². The van der Waals surface area contributed by atoms with Crippen LogP contribution in [0.3, 0.4) is 0 Å². The van der Waals surface area contributed by atoms with Crippen LogP contribution < -0.4 is 10.2 Å². The number of phosphoric acid groups is 1. The van der Waals surface area contributed by atoms with E-state index in [2.05, 4.69) is 55.6 Å². The first-order valence-electron chi connectivity index (χ1n) is 28.3. The van der Waals surface area contributed by atoms with E-state index in [1.165, 1.54) is 193 Å². The van der Waals surface area contributed by atoms with Gasteiger partial charge in [-0.2, -0.15) is 0 Å². The van der Waals surface area contributed by atoms with E-state index in [1.807, 2.05) is 21.1 Å². The molecule has 0 aliphatic carbocycles. The van der Waals surface area contributed by atoms with Crippen LogP contribution in [0.25, 0.3) is 0 Å². The summed E-state index contributed by atoms with van der Waals surface area (Å²) in [5, 5.41) is 13.8. The van der Waals surface area contributed by atoms with Crippen molar-refractivity contribution in [3.63, 3.8) is 0 Å². The maximum atomic E-state index is 12.9. The van der Waals surface area contributed by atoms with Gasteiger partial charge in [0.2, 0.25) is 5.91 Å². The number of amides is 1. The predicted molar refractivity (Wildman–Crippen MR) is 284 cm³/mol. The van der Waals surface area contributed by atoms with Crippen molar-refractivity contribution in [2.75, 3.05) is 40.9 Å². The molecule has 0 radical (unpaired) electrons. The highest BCUT2D eigenvalue weighted by atomic mass is 31.2. The summed E-state index contributed by atoms with van der Waals surface area (Å²) in [6, 6.07) is -0.795. The van der Waals surface area contributed by atoms with Gasteiger partial charge in [-0.05, 0) is 51.4 Å². The number of carbonyl (C=O) groups excluding carboxylic acids is 1. The van der Waals surface area contributed by atoms with Crippen molar-refractivity contribution >= 4 is 13.7 Å². The van der Waals surface area contributed by atoms with E-state index in [1.54, 1.807) is 0 Å². The summed E-state index contributed by atoms with van der Waals surface area (Å²) in [4.78, 5) is 25.3. The molecule has 0 rings (SSSR count). The molecule has 0 saturated heterocycles. The highest BCUT2D eigenvalue weighted by Crippen LogP contribution is 2.38. The van der Waals surface area contributed by atoms with E-state index < -0.39 is 20.0 Å². The fourth-order valence-electron chi connectivity index (χ4n) is 8.40. The van der Waals surface area contributed by atoms with Crippen LogP contribution in [0.15, 0.2) is 36.5 Å². The average molecular weight is 951 g/mol. The zero-order valence-corrected chi connectivity index (χ0v) is 45.3. The molecule has 3 unspecified atom stereocenters. The molecule has 0 aromatic rings. The van der Waals surface area contributed by atoms with Gasteiger partial charge >= 0.3 is 0 Å². The van der Waals surface area contributed by atoms with E-state index in [0.29, 0.717) is 23.9 Å². The number of hydrogen-bond donors (Lipinski definition) is 2. The number of unbranched alkanes of at least 4 members (excludes halogenated alkanes) is 33. The van der Waals surface area contributed by atoms with Gasteiger partial charge in [0.05, 0.1) is 39.9 Å². The van der Waals surface area contributed by atoms with Gasteiger partial charge in [0.25, 0.3) is 7.82 Å². The molecule has 0 aromatic carbocycles. The van der Waals surface area contributed by atoms with Crippen molar-refractivity contribution in [2.45, 2.75) is 283 Å². The highest BCUT2D eigenvalue weighted by Gasteiger charge is 2.24. The Morgan fingerprint density at radius 3 is 1.27 bits per heavy atom. The van der Waals surface area contributed by atoms with Gasteiger partial charge in [0.1, 0.15) is 13.2 Å². The lowest BCUT2D eigenvalue weighted by Crippen LogP contribution is -2.46. The van der Waals surface area contributed by atoms with Crippen molar-refractivity contribution in [1.29, 1.82) is 0 Å². The van der Waals surface area contributed by atoms with Crippen molar-refractivity contribution in [3.8, 4) is 0 Å². The second kappa shape index (κ2) is 48.7. The van der Waals surface area contributed by atoms with E-state index in [4.69, 9.17) is 9.05 Å². The first-order valence-corrected chi connectivity index (χ1v) is 29.8. The summed E-state index contributed by atoms with van der Waals surface area (Å²) in [6.07, 6.45) is 62.3. The van der Waals surface area contributed by atoms with Gasteiger partial charge in [-0.1, -0.05) is 249 Å². The van der Waals surface area contributed by atoms with E-state index in [0.717, 1.165) is 51.4 Å². The average Bonchev–Trinajstić information content (AvgIpc) is 3.28. The van der Waals surface area contributed by atoms with Crippen LogP contribution in [0.4, 0.5) is 0 Å². The van der Waals surface area contributed by atoms with Crippen LogP contribution in [-0.4, -0.2) is 68.5 Å². The lowest BCUT2D eigenvalue weighted by atomic mass is 10.0. The Balaban J connectivity index is 3.77. The van der Waals surface area contributed by atoms with E-state index in [9.17, 15) is 19.4 Å². The van der Waals surface area contributed by atoms with Crippen LogP contribution in [0, 0.1) is 0 Å². The molecule has 0 aliphatic rings. The molecule has 9 heteroatoms. The highest BCUT2D eigenvalue weighted by molar-refractivity contribution is 7.45. The Morgan fingerprint density at radius 2 is 0.879 bits per heavy atom. The topological polar surface area (TPSA) is 108 Å². The zero-order valence-electron chi connectivity index (χ0n) is 44.4. The van der Waals surface area contributed by atoms with Crippen molar-refractivity contribution in [2.24, 2.45) is 0 Å². The van der Waals surface area contributed by atoms with Crippen molar-refractivity contribution in [1.82, 2.24) is 5.32 Å². The lowest BCUT2D eigenvalue weighted by Gasteiger charge is -2.30. The number of carbonyl (C=O) groups is 1. The molecule has 0 fully saturated rings. The smallest absolute Gasteiger partial charge is 0.268 e. The number of aliphatic hydroxyl groups excluding tert-OH is 1. The molecule has 0 aliphatic heterocycles. The number of hydrogen-bond acceptors (Lipinski definition) is 6. The summed E-state index contributed by atoms with van der Waals surface area (Å²) in [5.41, 5.74) is 0.